The fourth-order valence-corrected chi connectivity index (χ4v) is 2.86. The van der Waals surface area contributed by atoms with Crippen molar-refractivity contribution in [3.8, 4) is 0 Å². The van der Waals surface area contributed by atoms with Crippen LogP contribution in [0, 0.1) is 0 Å². The molecule has 1 unspecified atom stereocenters. The number of halogens is 1. The Bertz CT molecular complexity index is 111. The number of unbranched alkanes of at least 4 members (excludes halogenated alkanes) is 1. The van der Waals surface area contributed by atoms with Crippen molar-refractivity contribution < 1.29 is 0 Å². The van der Waals surface area contributed by atoms with Crippen molar-refractivity contribution in [2.75, 3.05) is 20.6 Å². The molecule has 0 aromatic rings. The van der Waals surface area contributed by atoms with Crippen molar-refractivity contribution in [3.05, 3.63) is 0 Å². The predicted molar refractivity (Wildman–Crippen MR) is 59.2 cm³/mol. The largest absolute Gasteiger partial charge is 0.302 e. The molecule has 2 nitrogen and oxygen atoms in total. The fourth-order valence-electron chi connectivity index (χ4n) is 1.03. The highest BCUT2D eigenvalue weighted by atomic mass is 35.6. The molecule has 0 N–H and O–H groups in total. The van der Waals surface area contributed by atoms with Crippen molar-refractivity contribution in [3.63, 3.8) is 0 Å². The van der Waals surface area contributed by atoms with Crippen LogP contribution in [-0.4, -0.2) is 45.3 Å². The molecule has 0 saturated heterocycles. The summed E-state index contributed by atoms with van der Waals surface area (Å²) in [5.41, 5.74) is 0. The molecular weight excluding hydrogens is 188 g/mol. The maximum absolute atomic E-state index is 5.98. The Balaban J connectivity index is 3.79. The summed E-state index contributed by atoms with van der Waals surface area (Å²) >= 11 is 5.98. The lowest BCUT2D eigenvalue weighted by Gasteiger charge is -2.31. The van der Waals surface area contributed by atoms with Crippen molar-refractivity contribution in [2.45, 2.75) is 32.9 Å². The number of rotatable bonds is 6. The zero-order valence-corrected chi connectivity index (χ0v) is 10.8. The van der Waals surface area contributed by atoms with Gasteiger partial charge in [-0.2, -0.15) is 11.1 Å². The van der Waals surface area contributed by atoms with Gasteiger partial charge in [-0.15, -0.1) is 0 Å². The molecule has 0 fully saturated rings. The molecule has 0 aliphatic heterocycles. The summed E-state index contributed by atoms with van der Waals surface area (Å²) in [6.07, 6.45) is 3.01. The summed E-state index contributed by atoms with van der Waals surface area (Å²) in [6.45, 7) is 5.59. The zero-order valence-electron chi connectivity index (χ0n) is 8.68. The van der Waals surface area contributed by atoms with Crippen molar-refractivity contribution in [2.24, 2.45) is 0 Å². The molecule has 74 valence electrons. The van der Waals surface area contributed by atoms with E-state index < -0.39 is 8.99 Å². The Morgan fingerprint density at radius 3 is 2.33 bits per heavy atom. The van der Waals surface area contributed by atoms with Crippen molar-refractivity contribution in [1.82, 2.24) is 9.47 Å². The van der Waals surface area contributed by atoms with E-state index in [1.54, 1.807) is 0 Å². The minimum absolute atomic E-state index is 0.501. The van der Waals surface area contributed by atoms with E-state index in [9.17, 15) is 0 Å². The second-order valence-electron chi connectivity index (χ2n) is 3.38. The van der Waals surface area contributed by atoms with Gasteiger partial charge in [-0.05, 0) is 34.0 Å². The normalized spacial score (nSPS) is 15.2. The maximum atomic E-state index is 5.98. The fraction of sp³-hybridized carbons (Fsp3) is 1.00. The zero-order chi connectivity index (χ0) is 9.56. The highest BCUT2D eigenvalue weighted by Gasteiger charge is 2.13. The van der Waals surface area contributed by atoms with Gasteiger partial charge in [-0.25, -0.2) is 0 Å². The smallest absolute Gasteiger partial charge is 0.199 e. The molecular formula is C8H21ClN2Si. The topological polar surface area (TPSA) is 6.48 Å². The summed E-state index contributed by atoms with van der Waals surface area (Å²) < 4.78 is 2.41. The quantitative estimate of drug-likeness (QED) is 0.368. The third-order valence-electron chi connectivity index (χ3n) is 2.23. The van der Waals surface area contributed by atoms with Crippen molar-refractivity contribution >= 4 is 20.1 Å². The van der Waals surface area contributed by atoms with E-state index in [0.717, 1.165) is 6.54 Å². The van der Waals surface area contributed by atoms with Gasteiger partial charge in [-0.1, -0.05) is 13.3 Å². The Hall–Kier alpha value is 0.427. The average Bonchev–Trinajstić information content (AvgIpc) is 2.05. The van der Waals surface area contributed by atoms with Crippen molar-refractivity contribution in [1.29, 1.82) is 0 Å². The minimum atomic E-state index is -0.519. The lowest BCUT2D eigenvalue weighted by molar-refractivity contribution is 0.173. The lowest BCUT2D eigenvalue weighted by Crippen LogP contribution is -2.44. The molecule has 0 amide bonds. The van der Waals surface area contributed by atoms with Gasteiger partial charge in [0, 0.05) is 0 Å². The van der Waals surface area contributed by atoms with E-state index in [0.29, 0.717) is 6.17 Å². The Morgan fingerprint density at radius 1 is 1.42 bits per heavy atom. The molecule has 0 aromatic heterocycles. The van der Waals surface area contributed by atoms with Gasteiger partial charge in [0.2, 0.25) is 0 Å². The van der Waals surface area contributed by atoms with Gasteiger partial charge in [0.05, 0.1) is 6.17 Å². The van der Waals surface area contributed by atoms with Crippen LogP contribution in [0.2, 0.25) is 0 Å². The monoisotopic (exact) mass is 208 g/mol. The molecule has 12 heavy (non-hydrogen) atoms. The van der Waals surface area contributed by atoms with E-state index in [1.807, 2.05) is 0 Å². The van der Waals surface area contributed by atoms with Crippen LogP contribution in [0.15, 0.2) is 0 Å². The third-order valence-corrected chi connectivity index (χ3v) is 4.30. The average molecular weight is 209 g/mol. The number of hydrogen-bond donors (Lipinski definition) is 0. The van der Waals surface area contributed by atoms with E-state index >= 15 is 0 Å². The summed E-state index contributed by atoms with van der Waals surface area (Å²) in [4.78, 5) is 2.21. The lowest BCUT2D eigenvalue weighted by atomic mass is 10.3. The summed E-state index contributed by atoms with van der Waals surface area (Å²) in [5.74, 6) is 0. The highest BCUT2D eigenvalue weighted by Crippen LogP contribution is 2.03. The standard InChI is InChI=1S/C8H21ClN2Si/c1-5-6-7-11(12-9)8(2)10(3)4/h8H,5-7,12H2,1-4H3. The van der Waals surface area contributed by atoms with Crippen LogP contribution in [-0.2, 0) is 0 Å². The van der Waals surface area contributed by atoms with Crippen LogP contribution < -0.4 is 0 Å². The van der Waals surface area contributed by atoms with Gasteiger partial charge in [0.25, 0.3) is 0 Å². The van der Waals surface area contributed by atoms with Crippen LogP contribution in [0.1, 0.15) is 26.7 Å². The molecule has 0 radical (unpaired) electrons. The van der Waals surface area contributed by atoms with E-state index in [4.69, 9.17) is 11.1 Å². The Morgan fingerprint density at radius 2 is 2.00 bits per heavy atom. The molecule has 0 spiro atoms. The van der Waals surface area contributed by atoms with Crippen LogP contribution in [0.3, 0.4) is 0 Å². The molecule has 1 atom stereocenters. The van der Waals surface area contributed by atoms with Crippen LogP contribution in [0.5, 0.6) is 0 Å². The second-order valence-corrected chi connectivity index (χ2v) is 5.15. The molecule has 0 rings (SSSR count). The summed E-state index contributed by atoms with van der Waals surface area (Å²) in [7, 11) is 3.68. The van der Waals surface area contributed by atoms with Crippen LogP contribution >= 0.6 is 11.1 Å². The van der Waals surface area contributed by atoms with Crippen LogP contribution in [0.4, 0.5) is 0 Å². The molecule has 0 aliphatic rings. The number of nitrogens with zero attached hydrogens (tertiary/aromatic N) is 2. The maximum Gasteiger partial charge on any atom is 0.199 e. The van der Waals surface area contributed by atoms with Gasteiger partial charge >= 0.3 is 0 Å². The Kier molecular flexibility index (Phi) is 7.14. The second kappa shape index (κ2) is 6.89. The first-order chi connectivity index (χ1) is 5.63. The summed E-state index contributed by atoms with van der Waals surface area (Å²) in [5, 5.41) is 0. The van der Waals surface area contributed by atoms with Gasteiger partial charge in [0.15, 0.2) is 8.99 Å². The summed E-state index contributed by atoms with van der Waals surface area (Å²) in [6, 6.07) is 0. The van der Waals surface area contributed by atoms with Gasteiger partial charge in [0.1, 0.15) is 0 Å². The highest BCUT2D eigenvalue weighted by molar-refractivity contribution is 6.92. The van der Waals surface area contributed by atoms with E-state index in [1.165, 1.54) is 12.8 Å². The van der Waals surface area contributed by atoms with Crippen LogP contribution in [0.25, 0.3) is 0 Å². The predicted octanol–water partition coefficient (Wildman–Crippen LogP) is 1.23. The minimum Gasteiger partial charge on any atom is -0.302 e. The molecule has 0 heterocycles. The SMILES string of the molecule is CCCCN([SiH2]Cl)C(C)N(C)C. The van der Waals surface area contributed by atoms with Gasteiger partial charge < -0.3 is 4.57 Å². The first kappa shape index (κ1) is 12.4. The van der Waals surface area contributed by atoms with E-state index in [2.05, 4.69) is 37.4 Å². The third kappa shape index (κ3) is 4.45. The van der Waals surface area contributed by atoms with Gasteiger partial charge in [-0.3, -0.25) is 4.90 Å². The molecule has 4 heteroatoms. The number of hydrogen-bond acceptors (Lipinski definition) is 2. The molecule has 0 bridgehead atoms. The first-order valence-electron chi connectivity index (χ1n) is 4.59. The Labute approximate surface area is 83.5 Å². The van der Waals surface area contributed by atoms with E-state index in [-0.39, 0.29) is 0 Å². The molecule has 0 aliphatic carbocycles. The first-order valence-corrected chi connectivity index (χ1v) is 7.37. The molecule has 0 saturated carbocycles. The molecule has 0 aromatic carbocycles.